The molecule has 2 heterocycles. The zero-order valence-corrected chi connectivity index (χ0v) is 7.95. The van der Waals surface area contributed by atoms with Crippen molar-refractivity contribution in [3.63, 3.8) is 0 Å². The van der Waals surface area contributed by atoms with Crippen molar-refractivity contribution in [2.45, 2.75) is 6.04 Å². The van der Waals surface area contributed by atoms with Crippen LogP contribution in [-0.4, -0.2) is 34.9 Å². The summed E-state index contributed by atoms with van der Waals surface area (Å²) in [5.74, 6) is -0.111. The minimum atomic E-state index is -0.111. The summed E-state index contributed by atoms with van der Waals surface area (Å²) in [5.41, 5.74) is 8.61. The summed E-state index contributed by atoms with van der Waals surface area (Å²) in [6.07, 6.45) is 1.58. The molecule has 0 unspecified atom stereocenters. The molecule has 76 valence electrons. The summed E-state index contributed by atoms with van der Waals surface area (Å²) in [6, 6.07) is 5.12. The summed E-state index contributed by atoms with van der Waals surface area (Å²) >= 11 is 0. The predicted molar refractivity (Wildman–Crippen MR) is 53.1 cm³/mol. The Kier molecular flexibility index (Phi) is 2.51. The third kappa shape index (κ3) is 1.89. The first-order chi connectivity index (χ1) is 7.31. The molecular weight excluding hydrogens is 194 g/mol. The summed E-state index contributed by atoms with van der Waals surface area (Å²) in [6.45, 7) is 0.971. The Morgan fingerprint density at radius 3 is 3.00 bits per heavy atom. The molecule has 0 radical (unpaired) electrons. The minimum absolute atomic E-state index is 0.0809. The van der Waals surface area contributed by atoms with Gasteiger partial charge < -0.3 is 4.90 Å². The highest BCUT2D eigenvalue weighted by atomic mass is 16.2. The Balaban J connectivity index is 1.98. The summed E-state index contributed by atoms with van der Waals surface area (Å²) in [4.78, 5) is 20.0. The molecule has 0 N–H and O–H groups in total. The van der Waals surface area contributed by atoms with Crippen molar-refractivity contribution in [2.75, 3.05) is 13.1 Å². The van der Waals surface area contributed by atoms with Gasteiger partial charge in [-0.25, -0.2) is 0 Å². The SMILES string of the molecule is [N-]=[N+]=NC1CN(C(=O)c2ccccn2)C1. The molecule has 1 fully saturated rings. The molecule has 0 spiro atoms. The number of hydrogen-bond donors (Lipinski definition) is 0. The van der Waals surface area contributed by atoms with Crippen LogP contribution < -0.4 is 0 Å². The molecule has 0 aromatic carbocycles. The number of carbonyl (C=O) groups excluding carboxylic acids is 1. The molecule has 2 rings (SSSR count). The highest BCUT2D eigenvalue weighted by molar-refractivity contribution is 5.92. The Morgan fingerprint density at radius 1 is 1.60 bits per heavy atom. The van der Waals surface area contributed by atoms with Crippen molar-refractivity contribution in [2.24, 2.45) is 5.11 Å². The van der Waals surface area contributed by atoms with Crippen LogP contribution in [0.25, 0.3) is 10.4 Å². The number of likely N-dealkylation sites (tertiary alicyclic amines) is 1. The van der Waals surface area contributed by atoms with Crippen molar-refractivity contribution < 1.29 is 4.79 Å². The fraction of sp³-hybridized carbons (Fsp3) is 0.333. The maximum absolute atomic E-state index is 11.7. The molecule has 1 saturated heterocycles. The maximum Gasteiger partial charge on any atom is 0.272 e. The molecule has 15 heavy (non-hydrogen) atoms. The number of carbonyl (C=O) groups is 1. The zero-order valence-electron chi connectivity index (χ0n) is 7.95. The van der Waals surface area contributed by atoms with E-state index in [2.05, 4.69) is 15.0 Å². The van der Waals surface area contributed by atoms with E-state index in [9.17, 15) is 4.79 Å². The number of amides is 1. The first kappa shape index (κ1) is 9.48. The second-order valence-electron chi connectivity index (χ2n) is 3.28. The molecular formula is C9H9N5O. The first-order valence-electron chi connectivity index (χ1n) is 4.56. The van der Waals surface area contributed by atoms with Crippen LogP contribution in [-0.2, 0) is 0 Å². The lowest BCUT2D eigenvalue weighted by atomic mass is 10.1. The molecule has 1 aromatic heterocycles. The quantitative estimate of drug-likeness (QED) is 0.411. The van der Waals surface area contributed by atoms with Crippen LogP contribution in [0.3, 0.4) is 0 Å². The zero-order chi connectivity index (χ0) is 10.7. The van der Waals surface area contributed by atoms with Gasteiger partial charge in [-0.05, 0) is 17.7 Å². The number of hydrogen-bond acceptors (Lipinski definition) is 3. The molecule has 6 nitrogen and oxygen atoms in total. The van der Waals surface area contributed by atoms with Crippen LogP contribution in [0.5, 0.6) is 0 Å². The van der Waals surface area contributed by atoms with Gasteiger partial charge in [0, 0.05) is 24.2 Å². The van der Waals surface area contributed by atoms with Crippen LogP contribution >= 0.6 is 0 Å². The number of azide groups is 1. The highest BCUT2D eigenvalue weighted by Gasteiger charge is 2.30. The Hall–Kier alpha value is -2.07. The van der Waals surface area contributed by atoms with Gasteiger partial charge in [0.05, 0.1) is 6.04 Å². The third-order valence-electron chi connectivity index (χ3n) is 2.25. The molecule has 0 saturated carbocycles. The minimum Gasteiger partial charge on any atom is -0.336 e. The molecule has 6 heteroatoms. The van der Waals surface area contributed by atoms with Gasteiger partial charge in [0.2, 0.25) is 0 Å². The third-order valence-corrected chi connectivity index (χ3v) is 2.25. The molecule has 1 amide bonds. The van der Waals surface area contributed by atoms with Crippen LogP contribution in [0.1, 0.15) is 10.5 Å². The molecule has 1 aliphatic heterocycles. The van der Waals surface area contributed by atoms with Gasteiger partial charge >= 0.3 is 0 Å². The van der Waals surface area contributed by atoms with E-state index in [1.165, 1.54) is 0 Å². The second-order valence-corrected chi connectivity index (χ2v) is 3.28. The fourth-order valence-corrected chi connectivity index (χ4v) is 1.42. The molecule has 0 aliphatic carbocycles. The van der Waals surface area contributed by atoms with Gasteiger partial charge in [-0.15, -0.1) is 0 Å². The van der Waals surface area contributed by atoms with E-state index in [1.807, 2.05) is 0 Å². The van der Waals surface area contributed by atoms with Crippen molar-refractivity contribution in [3.05, 3.63) is 40.5 Å². The molecule has 0 bridgehead atoms. The van der Waals surface area contributed by atoms with Crippen LogP contribution in [0.2, 0.25) is 0 Å². The van der Waals surface area contributed by atoms with Crippen molar-refractivity contribution in [1.82, 2.24) is 9.88 Å². The molecule has 1 aliphatic rings. The van der Waals surface area contributed by atoms with Crippen molar-refractivity contribution in [1.29, 1.82) is 0 Å². The van der Waals surface area contributed by atoms with E-state index in [4.69, 9.17) is 5.53 Å². The van der Waals surface area contributed by atoms with E-state index in [0.717, 1.165) is 0 Å². The Bertz CT molecular complexity index is 406. The van der Waals surface area contributed by atoms with E-state index in [0.29, 0.717) is 18.8 Å². The van der Waals surface area contributed by atoms with Gasteiger partial charge in [-0.1, -0.05) is 11.2 Å². The number of nitrogens with zero attached hydrogens (tertiary/aromatic N) is 5. The lowest BCUT2D eigenvalue weighted by molar-refractivity contribution is 0.0602. The normalized spacial score (nSPS) is 15.3. The molecule has 0 atom stereocenters. The largest absolute Gasteiger partial charge is 0.336 e. The smallest absolute Gasteiger partial charge is 0.272 e. The van der Waals surface area contributed by atoms with Gasteiger partial charge in [0.25, 0.3) is 5.91 Å². The van der Waals surface area contributed by atoms with Crippen LogP contribution in [0.15, 0.2) is 29.5 Å². The average Bonchev–Trinajstić information content (AvgIpc) is 2.23. The van der Waals surface area contributed by atoms with E-state index in [-0.39, 0.29) is 11.9 Å². The van der Waals surface area contributed by atoms with Gasteiger partial charge in [-0.3, -0.25) is 9.78 Å². The maximum atomic E-state index is 11.7. The van der Waals surface area contributed by atoms with Crippen LogP contribution in [0.4, 0.5) is 0 Å². The second kappa shape index (κ2) is 3.98. The number of pyridine rings is 1. The van der Waals surface area contributed by atoms with Gasteiger partial charge in [0.1, 0.15) is 5.69 Å². The number of rotatable bonds is 2. The summed E-state index contributed by atoms with van der Waals surface area (Å²) in [7, 11) is 0. The topological polar surface area (TPSA) is 82.0 Å². The predicted octanol–water partition coefficient (Wildman–Crippen LogP) is 1.22. The van der Waals surface area contributed by atoms with E-state index >= 15 is 0 Å². The van der Waals surface area contributed by atoms with Crippen LogP contribution in [0, 0.1) is 0 Å². The lowest BCUT2D eigenvalue weighted by Gasteiger charge is -2.36. The van der Waals surface area contributed by atoms with E-state index < -0.39 is 0 Å². The fourth-order valence-electron chi connectivity index (χ4n) is 1.42. The summed E-state index contributed by atoms with van der Waals surface area (Å²) < 4.78 is 0. The first-order valence-corrected chi connectivity index (χ1v) is 4.56. The Morgan fingerprint density at radius 2 is 2.40 bits per heavy atom. The molecule has 1 aromatic rings. The lowest BCUT2D eigenvalue weighted by Crippen LogP contribution is -2.52. The average molecular weight is 203 g/mol. The standard InChI is InChI=1S/C9H9N5O/c10-13-12-7-5-14(6-7)9(15)8-3-1-2-4-11-8/h1-4,7H,5-6H2. The Labute approximate surface area is 86.2 Å². The van der Waals surface area contributed by atoms with Crippen molar-refractivity contribution in [3.8, 4) is 0 Å². The van der Waals surface area contributed by atoms with Gasteiger partial charge in [0.15, 0.2) is 0 Å². The van der Waals surface area contributed by atoms with Gasteiger partial charge in [-0.2, -0.15) is 0 Å². The summed E-state index contributed by atoms with van der Waals surface area (Å²) in [5, 5.41) is 3.52. The monoisotopic (exact) mass is 203 g/mol. The van der Waals surface area contributed by atoms with Crippen molar-refractivity contribution >= 4 is 5.91 Å². The van der Waals surface area contributed by atoms with E-state index in [1.54, 1.807) is 29.3 Å². The number of aromatic nitrogens is 1. The highest BCUT2D eigenvalue weighted by Crippen LogP contribution is 2.14.